The summed E-state index contributed by atoms with van der Waals surface area (Å²) in [6.45, 7) is 2.60. The van der Waals surface area contributed by atoms with E-state index in [0.29, 0.717) is 24.3 Å². The minimum absolute atomic E-state index is 0.0116. The van der Waals surface area contributed by atoms with E-state index in [0.717, 1.165) is 5.56 Å². The predicted molar refractivity (Wildman–Crippen MR) is 99.3 cm³/mol. The lowest BCUT2D eigenvalue weighted by Gasteiger charge is -2.08. The number of aryl methyl sites for hydroxylation is 1. The minimum atomic E-state index is -0.461. The molecule has 0 atom stereocenters. The molecule has 0 fully saturated rings. The van der Waals surface area contributed by atoms with Crippen LogP contribution in [0.1, 0.15) is 28.8 Å². The van der Waals surface area contributed by atoms with Crippen molar-refractivity contribution in [2.75, 3.05) is 18.4 Å². The smallest absolute Gasteiger partial charge is 0.292 e. The van der Waals surface area contributed by atoms with Crippen molar-refractivity contribution in [1.82, 2.24) is 5.32 Å². The Morgan fingerprint density at radius 3 is 2.38 bits per heavy atom. The molecule has 136 valence electrons. The Morgan fingerprint density at radius 1 is 1.00 bits per heavy atom. The number of anilines is 1. The van der Waals surface area contributed by atoms with Crippen LogP contribution in [0.15, 0.2) is 48.5 Å². The summed E-state index contributed by atoms with van der Waals surface area (Å²) >= 11 is 0. The number of benzene rings is 2. The van der Waals surface area contributed by atoms with Crippen LogP contribution < -0.4 is 10.6 Å². The summed E-state index contributed by atoms with van der Waals surface area (Å²) in [5.41, 5.74) is 2.07. The van der Waals surface area contributed by atoms with E-state index in [-0.39, 0.29) is 30.2 Å². The average Bonchev–Trinajstić information content (AvgIpc) is 2.64. The van der Waals surface area contributed by atoms with Gasteiger partial charge in [-0.05, 0) is 13.0 Å². The molecule has 0 saturated heterocycles. The van der Waals surface area contributed by atoms with E-state index in [1.165, 1.54) is 6.07 Å². The van der Waals surface area contributed by atoms with Crippen LogP contribution in [-0.4, -0.2) is 29.7 Å². The van der Waals surface area contributed by atoms with Crippen molar-refractivity contribution in [3.63, 3.8) is 0 Å². The molecule has 0 unspecified atom stereocenters. The first-order valence-electron chi connectivity index (χ1n) is 8.31. The van der Waals surface area contributed by atoms with Crippen LogP contribution in [0.5, 0.6) is 0 Å². The monoisotopic (exact) mass is 355 g/mol. The molecule has 26 heavy (non-hydrogen) atoms. The van der Waals surface area contributed by atoms with Gasteiger partial charge in [-0.2, -0.15) is 0 Å². The number of carbonyl (C=O) groups excluding carboxylic acids is 2. The van der Waals surface area contributed by atoms with Gasteiger partial charge in [-0.15, -0.1) is 0 Å². The molecule has 0 spiro atoms. The van der Waals surface area contributed by atoms with E-state index < -0.39 is 4.92 Å². The van der Waals surface area contributed by atoms with Gasteiger partial charge < -0.3 is 10.6 Å². The zero-order valence-corrected chi connectivity index (χ0v) is 14.5. The number of nitro groups is 1. The van der Waals surface area contributed by atoms with Gasteiger partial charge in [0.15, 0.2) is 5.78 Å². The van der Waals surface area contributed by atoms with Crippen LogP contribution in [0.4, 0.5) is 11.4 Å². The average molecular weight is 355 g/mol. The normalized spacial score (nSPS) is 10.2. The molecule has 2 aromatic carbocycles. The molecule has 1 amide bonds. The van der Waals surface area contributed by atoms with Gasteiger partial charge in [0, 0.05) is 37.6 Å². The Hall–Kier alpha value is -3.22. The molecule has 0 aromatic heterocycles. The largest absolute Gasteiger partial charge is 0.378 e. The summed E-state index contributed by atoms with van der Waals surface area (Å²) in [6, 6.07) is 13.6. The molecular formula is C19H21N3O4. The first-order valence-corrected chi connectivity index (χ1v) is 8.31. The highest BCUT2D eigenvalue weighted by molar-refractivity contribution is 5.97. The van der Waals surface area contributed by atoms with Gasteiger partial charge in [-0.3, -0.25) is 19.7 Å². The number of Topliss-reactive ketones (excluding diaryl/α,β-unsaturated/α-hetero) is 1. The van der Waals surface area contributed by atoms with Crippen LogP contribution >= 0.6 is 0 Å². The zero-order valence-electron chi connectivity index (χ0n) is 14.5. The molecule has 0 aliphatic rings. The fourth-order valence-electron chi connectivity index (χ4n) is 2.38. The second kappa shape index (κ2) is 9.31. The standard InChI is InChI=1S/C19H21N3O4/c1-14-6-8-15(9-7-14)18(23)10-11-19(24)21-13-12-20-16-4-2-3-5-17(16)22(25)26/h2-9,20H,10-13H2,1H3,(H,21,24). The molecule has 7 heteroatoms. The van der Waals surface area contributed by atoms with Crippen LogP contribution in [0.25, 0.3) is 0 Å². The lowest BCUT2D eigenvalue weighted by Crippen LogP contribution is -2.29. The molecule has 0 bridgehead atoms. The lowest BCUT2D eigenvalue weighted by molar-refractivity contribution is -0.384. The maximum Gasteiger partial charge on any atom is 0.292 e. The van der Waals surface area contributed by atoms with Crippen molar-refractivity contribution in [2.45, 2.75) is 19.8 Å². The number of nitrogens with zero attached hydrogens (tertiary/aromatic N) is 1. The lowest BCUT2D eigenvalue weighted by atomic mass is 10.1. The van der Waals surface area contributed by atoms with Crippen LogP contribution in [0.2, 0.25) is 0 Å². The Labute approximate surface area is 151 Å². The number of nitro benzene ring substituents is 1. The SMILES string of the molecule is Cc1ccc(C(=O)CCC(=O)NCCNc2ccccc2[N+](=O)[O-])cc1. The van der Waals surface area contributed by atoms with Crippen molar-refractivity contribution >= 4 is 23.1 Å². The van der Waals surface area contributed by atoms with E-state index in [9.17, 15) is 19.7 Å². The molecular weight excluding hydrogens is 334 g/mol. The molecule has 0 aliphatic carbocycles. The summed E-state index contributed by atoms with van der Waals surface area (Å²) < 4.78 is 0. The maximum atomic E-state index is 12.0. The van der Waals surface area contributed by atoms with Gasteiger partial charge in [-0.25, -0.2) is 0 Å². The minimum Gasteiger partial charge on any atom is -0.378 e. The molecule has 0 saturated carbocycles. The second-order valence-corrected chi connectivity index (χ2v) is 5.84. The van der Waals surface area contributed by atoms with E-state index in [2.05, 4.69) is 10.6 Å². The van der Waals surface area contributed by atoms with Crippen molar-refractivity contribution in [3.05, 3.63) is 69.8 Å². The second-order valence-electron chi connectivity index (χ2n) is 5.84. The fourth-order valence-corrected chi connectivity index (χ4v) is 2.38. The molecule has 0 heterocycles. The Kier molecular flexibility index (Phi) is 6.84. The third kappa shape index (κ3) is 5.70. The third-order valence-corrected chi connectivity index (χ3v) is 3.82. The number of carbonyl (C=O) groups is 2. The summed E-state index contributed by atoms with van der Waals surface area (Å²) in [7, 11) is 0. The molecule has 0 radical (unpaired) electrons. The summed E-state index contributed by atoms with van der Waals surface area (Å²) in [4.78, 5) is 34.3. The highest BCUT2D eigenvalue weighted by Gasteiger charge is 2.12. The first kappa shape index (κ1) is 19.1. The van der Waals surface area contributed by atoms with Crippen molar-refractivity contribution in [1.29, 1.82) is 0 Å². The Morgan fingerprint density at radius 2 is 1.69 bits per heavy atom. The highest BCUT2D eigenvalue weighted by atomic mass is 16.6. The highest BCUT2D eigenvalue weighted by Crippen LogP contribution is 2.22. The molecule has 2 N–H and O–H groups in total. The van der Waals surface area contributed by atoms with Gasteiger partial charge in [0.25, 0.3) is 5.69 Å². The van der Waals surface area contributed by atoms with E-state index in [1.807, 2.05) is 19.1 Å². The van der Waals surface area contributed by atoms with E-state index in [1.54, 1.807) is 30.3 Å². The maximum absolute atomic E-state index is 12.0. The molecule has 7 nitrogen and oxygen atoms in total. The van der Waals surface area contributed by atoms with E-state index in [4.69, 9.17) is 0 Å². The zero-order chi connectivity index (χ0) is 18.9. The predicted octanol–water partition coefficient (Wildman–Crippen LogP) is 3.09. The summed E-state index contributed by atoms with van der Waals surface area (Å²) in [5.74, 6) is -0.298. The Balaban J connectivity index is 1.70. The molecule has 2 aromatic rings. The quantitative estimate of drug-likeness (QED) is 0.311. The Bertz CT molecular complexity index is 788. The van der Waals surface area contributed by atoms with Crippen molar-refractivity contribution < 1.29 is 14.5 Å². The summed E-state index contributed by atoms with van der Waals surface area (Å²) in [5, 5.41) is 16.5. The number of nitrogens with one attached hydrogen (secondary N) is 2. The topological polar surface area (TPSA) is 101 Å². The fraction of sp³-hybridized carbons (Fsp3) is 0.263. The number of hydrogen-bond donors (Lipinski definition) is 2. The number of rotatable bonds is 9. The number of amides is 1. The van der Waals surface area contributed by atoms with Crippen LogP contribution in [-0.2, 0) is 4.79 Å². The molecule has 0 aliphatic heterocycles. The van der Waals surface area contributed by atoms with Crippen LogP contribution in [0, 0.1) is 17.0 Å². The van der Waals surface area contributed by atoms with Gasteiger partial charge in [-0.1, -0.05) is 42.0 Å². The van der Waals surface area contributed by atoms with Gasteiger partial charge in [0.1, 0.15) is 5.69 Å². The van der Waals surface area contributed by atoms with Crippen LogP contribution in [0.3, 0.4) is 0 Å². The first-order chi connectivity index (χ1) is 12.5. The number of hydrogen-bond acceptors (Lipinski definition) is 5. The van der Waals surface area contributed by atoms with E-state index >= 15 is 0 Å². The van der Waals surface area contributed by atoms with Gasteiger partial charge in [0.05, 0.1) is 4.92 Å². The van der Waals surface area contributed by atoms with Crippen molar-refractivity contribution in [2.24, 2.45) is 0 Å². The summed E-state index contributed by atoms with van der Waals surface area (Å²) in [6.07, 6.45) is 0.255. The van der Waals surface area contributed by atoms with Gasteiger partial charge >= 0.3 is 0 Å². The third-order valence-electron chi connectivity index (χ3n) is 3.82. The molecule has 2 rings (SSSR count). The number of ketones is 1. The number of para-hydroxylation sites is 2. The van der Waals surface area contributed by atoms with Gasteiger partial charge in [0.2, 0.25) is 5.91 Å². The van der Waals surface area contributed by atoms with Crippen molar-refractivity contribution in [3.8, 4) is 0 Å².